The molecule has 2 N–H and O–H groups in total. The van der Waals surface area contributed by atoms with E-state index in [1.54, 1.807) is 0 Å². The highest BCUT2D eigenvalue weighted by atomic mass is 19.3. The van der Waals surface area contributed by atoms with Gasteiger partial charge in [-0.15, -0.1) is 0 Å². The standard InChI is InChI=1S/C11H15F2N3O2/c12-11(13)2-1-6(4-11)9-15-10(18-16-9)8-3-7(17)5-14-8/h6-8,14,17H,1-5H2. The molecule has 0 bridgehead atoms. The topological polar surface area (TPSA) is 71.2 Å². The summed E-state index contributed by atoms with van der Waals surface area (Å²) >= 11 is 0. The van der Waals surface area contributed by atoms with Crippen molar-refractivity contribution in [1.29, 1.82) is 0 Å². The number of aliphatic hydroxyl groups excluding tert-OH is 1. The Hall–Kier alpha value is -1.08. The Morgan fingerprint density at radius 2 is 2.28 bits per heavy atom. The second-order valence-electron chi connectivity index (χ2n) is 5.14. The third-order valence-corrected chi connectivity index (χ3v) is 3.63. The van der Waals surface area contributed by atoms with Gasteiger partial charge in [-0.2, -0.15) is 4.98 Å². The van der Waals surface area contributed by atoms with Crippen molar-refractivity contribution >= 4 is 0 Å². The molecule has 3 rings (SSSR count). The fourth-order valence-corrected chi connectivity index (χ4v) is 2.63. The first kappa shape index (κ1) is 12.0. The van der Waals surface area contributed by atoms with Gasteiger partial charge in [0.2, 0.25) is 11.8 Å². The molecule has 3 unspecified atom stereocenters. The van der Waals surface area contributed by atoms with Crippen molar-refractivity contribution in [2.75, 3.05) is 6.54 Å². The van der Waals surface area contributed by atoms with Gasteiger partial charge in [0, 0.05) is 25.3 Å². The number of aromatic nitrogens is 2. The van der Waals surface area contributed by atoms with Crippen molar-refractivity contribution in [3.05, 3.63) is 11.7 Å². The molecule has 3 atom stereocenters. The van der Waals surface area contributed by atoms with Crippen molar-refractivity contribution in [3.63, 3.8) is 0 Å². The predicted octanol–water partition coefficient (Wildman–Crippen LogP) is 1.37. The summed E-state index contributed by atoms with van der Waals surface area (Å²) < 4.78 is 31.3. The average molecular weight is 259 g/mol. The van der Waals surface area contributed by atoms with E-state index in [1.807, 2.05) is 0 Å². The number of nitrogens with zero attached hydrogens (tertiary/aromatic N) is 2. The van der Waals surface area contributed by atoms with Crippen LogP contribution in [0.1, 0.15) is 49.4 Å². The van der Waals surface area contributed by atoms with Crippen LogP contribution in [0.3, 0.4) is 0 Å². The molecular weight excluding hydrogens is 244 g/mol. The summed E-state index contributed by atoms with van der Waals surface area (Å²) in [6.45, 7) is 0.490. The van der Waals surface area contributed by atoms with E-state index in [1.165, 1.54) is 0 Å². The highest BCUT2D eigenvalue weighted by Crippen LogP contribution is 2.43. The molecule has 1 aliphatic heterocycles. The summed E-state index contributed by atoms with van der Waals surface area (Å²) in [5.74, 6) is -2.17. The van der Waals surface area contributed by atoms with Gasteiger partial charge in [0.25, 0.3) is 0 Å². The Morgan fingerprint density at radius 3 is 2.89 bits per heavy atom. The molecule has 1 aromatic rings. The van der Waals surface area contributed by atoms with Gasteiger partial charge in [0.1, 0.15) is 0 Å². The SMILES string of the molecule is OC1CNC(c2nc(C3CCC(F)(F)C3)no2)C1. The lowest BCUT2D eigenvalue weighted by Gasteiger charge is -2.06. The number of halogens is 2. The lowest BCUT2D eigenvalue weighted by Crippen LogP contribution is -2.15. The molecule has 5 nitrogen and oxygen atoms in total. The highest BCUT2D eigenvalue weighted by molar-refractivity contribution is 5.04. The maximum absolute atomic E-state index is 13.1. The van der Waals surface area contributed by atoms with Crippen molar-refractivity contribution in [1.82, 2.24) is 15.5 Å². The minimum Gasteiger partial charge on any atom is -0.392 e. The molecule has 2 aliphatic rings. The van der Waals surface area contributed by atoms with Gasteiger partial charge in [-0.3, -0.25) is 0 Å². The second-order valence-corrected chi connectivity index (χ2v) is 5.14. The number of nitrogens with one attached hydrogen (secondary N) is 1. The van der Waals surface area contributed by atoms with Gasteiger partial charge >= 0.3 is 0 Å². The third kappa shape index (κ3) is 2.24. The average Bonchev–Trinajstić information content (AvgIpc) is 2.96. The quantitative estimate of drug-likeness (QED) is 0.839. The number of rotatable bonds is 2. The van der Waals surface area contributed by atoms with Gasteiger partial charge in [-0.1, -0.05) is 5.16 Å². The van der Waals surface area contributed by atoms with Gasteiger partial charge in [-0.05, 0) is 12.8 Å². The van der Waals surface area contributed by atoms with E-state index in [2.05, 4.69) is 15.5 Å². The minimum atomic E-state index is -2.60. The van der Waals surface area contributed by atoms with Gasteiger partial charge < -0.3 is 14.9 Å². The van der Waals surface area contributed by atoms with E-state index >= 15 is 0 Å². The summed E-state index contributed by atoms with van der Waals surface area (Å²) in [7, 11) is 0. The molecule has 0 amide bonds. The molecule has 2 fully saturated rings. The Kier molecular flexibility index (Phi) is 2.82. The summed E-state index contributed by atoms with van der Waals surface area (Å²) in [4.78, 5) is 4.19. The van der Waals surface area contributed by atoms with Crippen molar-refractivity contribution in [2.24, 2.45) is 0 Å². The van der Waals surface area contributed by atoms with Crippen molar-refractivity contribution in [3.8, 4) is 0 Å². The van der Waals surface area contributed by atoms with Crippen LogP contribution in [-0.4, -0.2) is 33.8 Å². The zero-order valence-electron chi connectivity index (χ0n) is 9.77. The maximum atomic E-state index is 13.1. The highest BCUT2D eigenvalue weighted by Gasteiger charge is 2.42. The van der Waals surface area contributed by atoms with Gasteiger partial charge in [0.15, 0.2) is 5.82 Å². The molecule has 0 spiro atoms. The summed E-state index contributed by atoms with van der Waals surface area (Å²) in [6, 6.07) is -0.164. The van der Waals surface area contributed by atoms with Gasteiger partial charge in [-0.25, -0.2) is 8.78 Å². The number of hydrogen-bond acceptors (Lipinski definition) is 5. The fraction of sp³-hybridized carbons (Fsp3) is 0.818. The molecule has 100 valence electrons. The molecule has 1 aromatic heterocycles. The zero-order valence-corrected chi connectivity index (χ0v) is 9.77. The Labute approximate surface area is 103 Å². The van der Waals surface area contributed by atoms with E-state index in [4.69, 9.17) is 4.52 Å². The third-order valence-electron chi connectivity index (χ3n) is 3.63. The van der Waals surface area contributed by atoms with Crippen LogP contribution in [0.15, 0.2) is 4.52 Å². The van der Waals surface area contributed by atoms with E-state index in [0.717, 1.165) is 0 Å². The fourth-order valence-electron chi connectivity index (χ4n) is 2.63. The minimum absolute atomic E-state index is 0.109. The first-order valence-corrected chi connectivity index (χ1v) is 6.16. The molecule has 0 aromatic carbocycles. The largest absolute Gasteiger partial charge is 0.392 e. The number of β-amino-alcohol motifs (C(OH)–C–C–N with tert-alkyl or cyclic N) is 1. The van der Waals surface area contributed by atoms with Crippen molar-refractivity contribution in [2.45, 2.75) is 49.7 Å². The Balaban J connectivity index is 1.70. The summed E-state index contributed by atoms with van der Waals surface area (Å²) in [5.41, 5.74) is 0. The Bertz CT molecular complexity index is 438. The molecule has 1 aliphatic carbocycles. The van der Waals surface area contributed by atoms with Crippen LogP contribution in [0.2, 0.25) is 0 Å². The number of aliphatic hydroxyl groups is 1. The van der Waals surface area contributed by atoms with Crippen LogP contribution < -0.4 is 5.32 Å². The predicted molar refractivity (Wildman–Crippen MR) is 57.2 cm³/mol. The molecule has 2 heterocycles. The summed E-state index contributed by atoms with van der Waals surface area (Å²) in [6.07, 6.45) is 0.185. The molecular formula is C11H15F2N3O2. The first-order chi connectivity index (χ1) is 8.53. The second kappa shape index (κ2) is 4.24. The number of alkyl halides is 2. The number of hydrogen-bond donors (Lipinski definition) is 2. The molecule has 1 saturated carbocycles. The smallest absolute Gasteiger partial charge is 0.248 e. The van der Waals surface area contributed by atoms with E-state index in [0.29, 0.717) is 31.1 Å². The van der Waals surface area contributed by atoms with Crippen LogP contribution in [0.4, 0.5) is 8.78 Å². The van der Waals surface area contributed by atoms with Crippen LogP contribution in [0, 0.1) is 0 Å². The Morgan fingerprint density at radius 1 is 1.44 bits per heavy atom. The lowest BCUT2D eigenvalue weighted by molar-refractivity contribution is 0.00749. The van der Waals surface area contributed by atoms with Crippen LogP contribution in [-0.2, 0) is 0 Å². The normalized spacial score (nSPS) is 35.2. The van der Waals surface area contributed by atoms with E-state index in [9.17, 15) is 13.9 Å². The first-order valence-electron chi connectivity index (χ1n) is 6.16. The van der Waals surface area contributed by atoms with Crippen LogP contribution in [0.5, 0.6) is 0 Å². The van der Waals surface area contributed by atoms with Crippen molar-refractivity contribution < 1.29 is 18.4 Å². The summed E-state index contributed by atoms with van der Waals surface area (Å²) in [5, 5.41) is 16.2. The molecule has 0 radical (unpaired) electrons. The monoisotopic (exact) mass is 259 g/mol. The van der Waals surface area contributed by atoms with Crippen LogP contribution >= 0.6 is 0 Å². The molecule has 1 saturated heterocycles. The van der Waals surface area contributed by atoms with Crippen LogP contribution in [0.25, 0.3) is 0 Å². The maximum Gasteiger partial charge on any atom is 0.248 e. The molecule has 7 heteroatoms. The molecule has 18 heavy (non-hydrogen) atoms. The van der Waals surface area contributed by atoms with E-state index < -0.39 is 12.0 Å². The lowest BCUT2D eigenvalue weighted by atomic mass is 10.1. The van der Waals surface area contributed by atoms with E-state index in [-0.39, 0.29) is 24.8 Å². The zero-order chi connectivity index (χ0) is 12.8. The van der Waals surface area contributed by atoms with Gasteiger partial charge in [0.05, 0.1) is 12.1 Å².